The zero-order valence-electron chi connectivity index (χ0n) is 33.5. The quantitative estimate of drug-likeness (QED) is 0.107. The van der Waals surface area contributed by atoms with E-state index in [1.165, 1.54) is 0 Å². The van der Waals surface area contributed by atoms with Crippen molar-refractivity contribution < 1.29 is 38.9 Å². The van der Waals surface area contributed by atoms with Crippen LogP contribution in [0.15, 0.2) is 60.7 Å². The van der Waals surface area contributed by atoms with Crippen LogP contribution in [0.3, 0.4) is 0 Å². The highest BCUT2D eigenvalue weighted by atomic mass is 16.5. The second kappa shape index (κ2) is 23.3. The first-order valence-electron chi connectivity index (χ1n) is 20.1. The number of rotatable bonds is 21. The van der Waals surface area contributed by atoms with E-state index in [4.69, 9.17) is 9.47 Å². The van der Waals surface area contributed by atoms with E-state index in [-0.39, 0.29) is 49.3 Å². The Morgan fingerprint density at radius 2 is 0.911 bits per heavy atom. The summed E-state index contributed by atoms with van der Waals surface area (Å²) in [6, 6.07) is 14.8. The van der Waals surface area contributed by atoms with Crippen molar-refractivity contribution in [1.82, 2.24) is 31.1 Å². The van der Waals surface area contributed by atoms with Gasteiger partial charge in [-0.15, -0.1) is 0 Å². The van der Waals surface area contributed by atoms with Gasteiger partial charge in [-0.1, -0.05) is 88.4 Å². The van der Waals surface area contributed by atoms with Gasteiger partial charge in [-0.05, 0) is 35.8 Å². The minimum absolute atomic E-state index is 0.167. The fourth-order valence-corrected chi connectivity index (χ4v) is 7.00. The molecule has 2 fully saturated rings. The Bertz CT molecular complexity index is 1380. The maximum absolute atomic E-state index is 13.9. The summed E-state index contributed by atoms with van der Waals surface area (Å²) in [4.78, 5) is 58.3. The number of morpholine rings is 2. The summed E-state index contributed by atoms with van der Waals surface area (Å²) in [5.41, 5.74) is 1.62. The molecule has 0 saturated carbocycles. The van der Waals surface area contributed by atoms with Crippen molar-refractivity contribution in [2.75, 3.05) is 65.7 Å². The highest BCUT2D eigenvalue weighted by molar-refractivity contribution is 5.89. The van der Waals surface area contributed by atoms with Crippen LogP contribution in [0, 0.1) is 11.8 Å². The number of hydrogen-bond acceptors (Lipinski definition) is 10. The molecule has 14 nitrogen and oxygen atoms in total. The Balaban J connectivity index is 1.50. The lowest BCUT2D eigenvalue weighted by Crippen LogP contribution is -2.61. The topological polar surface area (TPSA) is 182 Å². The van der Waals surface area contributed by atoms with Gasteiger partial charge in [0.05, 0.1) is 38.5 Å². The summed E-state index contributed by atoms with van der Waals surface area (Å²) in [5.74, 6) is -2.05. The minimum atomic E-state index is -1.54. The summed E-state index contributed by atoms with van der Waals surface area (Å²) in [6.45, 7) is 13.9. The summed E-state index contributed by atoms with van der Waals surface area (Å²) >= 11 is 0. The molecule has 14 heteroatoms. The molecule has 2 aromatic rings. The molecule has 0 spiro atoms. The largest absolute Gasteiger partial charge is 0.388 e. The van der Waals surface area contributed by atoms with Gasteiger partial charge < -0.3 is 41.0 Å². The summed E-state index contributed by atoms with van der Waals surface area (Å²) in [5, 5.41) is 35.6. The van der Waals surface area contributed by atoms with Gasteiger partial charge in [0.1, 0.15) is 24.3 Å². The molecule has 4 amide bonds. The molecule has 310 valence electrons. The van der Waals surface area contributed by atoms with E-state index >= 15 is 0 Å². The van der Waals surface area contributed by atoms with Crippen molar-refractivity contribution in [2.24, 2.45) is 11.8 Å². The third-order valence-corrected chi connectivity index (χ3v) is 10.5. The maximum atomic E-state index is 13.9. The Morgan fingerprint density at radius 1 is 0.571 bits per heavy atom. The molecule has 2 aliphatic rings. The molecule has 2 aromatic carbocycles. The number of nitrogens with zero attached hydrogens (tertiary/aromatic N) is 2. The second-order valence-electron chi connectivity index (χ2n) is 15.6. The van der Waals surface area contributed by atoms with Crippen LogP contribution in [0.25, 0.3) is 0 Å². The van der Waals surface area contributed by atoms with Crippen LogP contribution in [0.4, 0.5) is 0 Å². The van der Waals surface area contributed by atoms with Gasteiger partial charge in [-0.25, -0.2) is 0 Å². The summed E-state index contributed by atoms with van der Waals surface area (Å²) in [6.07, 6.45) is -2.31. The number of ether oxygens (including phenoxy) is 2. The number of benzene rings is 2. The van der Waals surface area contributed by atoms with E-state index in [2.05, 4.69) is 31.1 Å². The van der Waals surface area contributed by atoms with Crippen LogP contribution in [0.5, 0.6) is 0 Å². The average molecular weight is 781 g/mol. The molecule has 56 heavy (non-hydrogen) atoms. The average Bonchev–Trinajstić information content (AvgIpc) is 3.20. The maximum Gasteiger partial charge on any atom is 0.243 e. The zero-order chi connectivity index (χ0) is 40.5. The number of hydrogen-bond donors (Lipinski definition) is 6. The molecule has 0 aliphatic carbocycles. The van der Waals surface area contributed by atoms with Gasteiger partial charge >= 0.3 is 0 Å². The Labute approximate surface area is 332 Å². The van der Waals surface area contributed by atoms with Crippen molar-refractivity contribution in [3.05, 3.63) is 71.8 Å². The fraction of sp³-hybridized carbons (Fsp3) is 0.619. The van der Waals surface area contributed by atoms with Gasteiger partial charge in [-0.3, -0.25) is 29.0 Å². The first kappa shape index (κ1) is 44.8. The van der Waals surface area contributed by atoms with Crippen molar-refractivity contribution >= 4 is 23.6 Å². The highest BCUT2D eigenvalue weighted by Crippen LogP contribution is 2.17. The molecule has 4 rings (SSSR count). The molecule has 2 aliphatic heterocycles. The van der Waals surface area contributed by atoms with Crippen molar-refractivity contribution in [3.8, 4) is 0 Å². The Morgan fingerprint density at radius 3 is 1.23 bits per heavy atom. The van der Waals surface area contributed by atoms with Crippen LogP contribution in [0.2, 0.25) is 0 Å². The number of nitrogens with one attached hydrogen (secondary N) is 4. The van der Waals surface area contributed by atoms with E-state index in [0.29, 0.717) is 39.5 Å². The normalized spacial score (nSPS) is 18.6. The highest BCUT2D eigenvalue weighted by Gasteiger charge is 2.37. The number of carbonyl (C=O) groups is 4. The molecule has 0 aromatic heterocycles. The van der Waals surface area contributed by atoms with Crippen LogP contribution in [0.1, 0.15) is 51.7 Å². The van der Waals surface area contributed by atoms with Crippen LogP contribution in [-0.2, 0) is 41.5 Å². The summed E-state index contributed by atoms with van der Waals surface area (Å²) in [7, 11) is 0. The van der Waals surface area contributed by atoms with E-state index in [0.717, 1.165) is 37.3 Å². The SMILES string of the molecule is CC(C)C(NC(=O)CCN1CCOCC1)C(=O)N[C@@H](Cc1ccccc1)[C@@H](O)[C@H](O)[C@H](Cc1ccccc1)NC(=O)C(NC(=O)CCN1CCOCC1)C(C)C. The predicted molar refractivity (Wildman–Crippen MR) is 213 cm³/mol. The third kappa shape index (κ3) is 14.9. The number of aliphatic hydroxyl groups excluding tert-OH is 2. The van der Waals surface area contributed by atoms with Crippen molar-refractivity contribution in [1.29, 1.82) is 0 Å². The molecular formula is C42H64N6O8. The minimum Gasteiger partial charge on any atom is -0.388 e. The Kier molecular flexibility index (Phi) is 18.7. The van der Waals surface area contributed by atoms with E-state index < -0.39 is 48.2 Å². The Hall–Kier alpha value is -3.92. The van der Waals surface area contributed by atoms with Gasteiger partial charge in [0.25, 0.3) is 0 Å². The van der Waals surface area contributed by atoms with Gasteiger partial charge in [0.2, 0.25) is 23.6 Å². The molecule has 2 heterocycles. The standard InChI is InChI=1S/C42H64N6O8/c1-29(2)37(45-35(49)15-17-47-19-23-55-24-20-47)41(53)43-33(27-31-11-7-5-8-12-31)39(51)40(52)34(28-32-13-9-6-10-14-32)44-42(54)38(30(3)4)46-36(50)16-18-48-21-25-56-26-22-48/h5-14,29-30,33-34,37-40,51-52H,15-28H2,1-4H3,(H,43,53)(H,44,54)(H,45,49)(H,46,50)/t33-,34-,37?,38?,39+,40+/m0/s1. The van der Waals surface area contributed by atoms with E-state index in [1.54, 1.807) is 0 Å². The van der Waals surface area contributed by atoms with E-state index in [9.17, 15) is 29.4 Å². The molecule has 6 atom stereocenters. The monoisotopic (exact) mass is 780 g/mol. The van der Waals surface area contributed by atoms with Crippen molar-refractivity contribution in [2.45, 2.75) is 89.8 Å². The molecule has 2 unspecified atom stereocenters. The number of carbonyl (C=O) groups excluding carboxylic acids is 4. The van der Waals surface area contributed by atoms with Crippen LogP contribution < -0.4 is 21.3 Å². The smallest absolute Gasteiger partial charge is 0.243 e. The molecule has 0 bridgehead atoms. The number of aliphatic hydroxyl groups is 2. The summed E-state index contributed by atoms with van der Waals surface area (Å²) < 4.78 is 10.8. The first-order valence-corrected chi connectivity index (χ1v) is 20.1. The van der Waals surface area contributed by atoms with Gasteiger partial charge in [0, 0.05) is 52.1 Å². The second-order valence-corrected chi connectivity index (χ2v) is 15.6. The van der Waals surface area contributed by atoms with Crippen LogP contribution >= 0.6 is 0 Å². The zero-order valence-corrected chi connectivity index (χ0v) is 33.5. The lowest BCUT2D eigenvalue weighted by Gasteiger charge is -2.35. The fourth-order valence-electron chi connectivity index (χ4n) is 7.00. The number of amides is 4. The molecule has 0 radical (unpaired) electrons. The lowest BCUT2D eigenvalue weighted by molar-refractivity contribution is -0.133. The van der Waals surface area contributed by atoms with Crippen LogP contribution in [-0.4, -0.2) is 146 Å². The molecule has 2 saturated heterocycles. The van der Waals surface area contributed by atoms with Gasteiger partial charge in [-0.2, -0.15) is 0 Å². The molecule has 6 N–H and O–H groups in total. The molecular weight excluding hydrogens is 716 g/mol. The predicted octanol–water partition coefficient (Wildman–Crippen LogP) is 0.889. The van der Waals surface area contributed by atoms with E-state index in [1.807, 2.05) is 88.4 Å². The third-order valence-electron chi connectivity index (χ3n) is 10.5. The van der Waals surface area contributed by atoms with Gasteiger partial charge in [0.15, 0.2) is 0 Å². The van der Waals surface area contributed by atoms with Crippen molar-refractivity contribution in [3.63, 3.8) is 0 Å². The first-order chi connectivity index (χ1) is 26.9. The lowest BCUT2D eigenvalue weighted by atomic mass is 9.90.